The molecular formula is C15H21N5O. The number of hydrogen-bond acceptors (Lipinski definition) is 3. The van der Waals surface area contributed by atoms with Crippen LogP contribution in [0.3, 0.4) is 0 Å². The summed E-state index contributed by atoms with van der Waals surface area (Å²) in [6, 6.07) is 2.07. The minimum atomic E-state index is 0.109. The number of carbonyl (C=O) groups is 1. The second kappa shape index (κ2) is 5.71. The Morgan fingerprint density at radius 1 is 1.52 bits per heavy atom. The molecule has 3 rings (SSSR count). The fraction of sp³-hybridized carbons (Fsp3) is 0.533. The summed E-state index contributed by atoms with van der Waals surface area (Å²) >= 11 is 0. The van der Waals surface area contributed by atoms with E-state index in [2.05, 4.69) is 15.1 Å². The van der Waals surface area contributed by atoms with Crippen LogP contribution < -0.4 is 0 Å². The van der Waals surface area contributed by atoms with Crippen LogP contribution in [0.5, 0.6) is 0 Å². The third kappa shape index (κ3) is 2.84. The maximum Gasteiger partial charge on any atom is 0.223 e. The fourth-order valence-corrected chi connectivity index (χ4v) is 2.98. The lowest BCUT2D eigenvalue weighted by Crippen LogP contribution is -2.31. The van der Waals surface area contributed by atoms with Gasteiger partial charge in [0, 0.05) is 43.8 Å². The van der Waals surface area contributed by atoms with Crippen molar-refractivity contribution in [2.45, 2.75) is 38.6 Å². The van der Waals surface area contributed by atoms with Gasteiger partial charge in [-0.3, -0.25) is 9.48 Å². The fourth-order valence-electron chi connectivity index (χ4n) is 2.98. The number of carbonyl (C=O) groups excluding carboxylic acids is 1. The summed E-state index contributed by atoms with van der Waals surface area (Å²) in [4.78, 5) is 22.1. The molecule has 1 saturated heterocycles. The van der Waals surface area contributed by atoms with Crippen molar-refractivity contribution in [1.29, 1.82) is 0 Å². The van der Waals surface area contributed by atoms with E-state index in [1.165, 1.54) is 0 Å². The van der Waals surface area contributed by atoms with E-state index in [1.54, 1.807) is 6.20 Å². The average Bonchev–Trinajstić information content (AvgIpc) is 3.16. The number of imidazole rings is 1. The van der Waals surface area contributed by atoms with Gasteiger partial charge in [0.05, 0.1) is 6.04 Å². The predicted molar refractivity (Wildman–Crippen MR) is 78.5 cm³/mol. The van der Waals surface area contributed by atoms with Crippen LogP contribution >= 0.6 is 0 Å². The van der Waals surface area contributed by atoms with E-state index in [0.717, 1.165) is 43.0 Å². The third-order valence-electron chi connectivity index (χ3n) is 4.13. The lowest BCUT2D eigenvalue weighted by molar-refractivity contribution is -0.132. The highest BCUT2D eigenvalue weighted by atomic mass is 16.2. The third-order valence-corrected chi connectivity index (χ3v) is 4.13. The Hall–Kier alpha value is -2.11. The molecule has 3 heterocycles. The van der Waals surface area contributed by atoms with E-state index in [1.807, 2.05) is 35.8 Å². The smallest absolute Gasteiger partial charge is 0.223 e. The molecule has 1 N–H and O–H groups in total. The van der Waals surface area contributed by atoms with Gasteiger partial charge >= 0.3 is 0 Å². The molecule has 1 unspecified atom stereocenters. The molecule has 0 spiro atoms. The lowest BCUT2D eigenvalue weighted by atomic mass is 10.2. The van der Waals surface area contributed by atoms with Crippen molar-refractivity contribution >= 4 is 5.91 Å². The number of rotatable bonds is 4. The number of aryl methyl sites for hydroxylation is 3. The molecule has 0 aromatic carbocycles. The minimum absolute atomic E-state index is 0.109. The monoisotopic (exact) mass is 287 g/mol. The van der Waals surface area contributed by atoms with Crippen LogP contribution in [0.2, 0.25) is 0 Å². The summed E-state index contributed by atoms with van der Waals surface area (Å²) in [5.74, 6) is 1.12. The van der Waals surface area contributed by atoms with Crippen molar-refractivity contribution in [2.24, 2.45) is 7.05 Å². The van der Waals surface area contributed by atoms with Crippen LogP contribution in [0.15, 0.2) is 18.5 Å². The summed E-state index contributed by atoms with van der Waals surface area (Å²) in [6.07, 6.45) is 6.88. The average molecular weight is 287 g/mol. The van der Waals surface area contributed by atoms with Gasteiger partial charge in [-0.1, -0.05) is 0 Å². The Bertz CT molecular complexity index is 630. The summed E-state index contributed by atoms with van der Waals surface area (Å²) in [6.45, 7) is 2.81. The number of hydrogen-bond donors (Lipinski definition) is 1. The molecule has 1 aliphatic rings. The van der Waals surface area contributed by atoms with Gasteiger partial charge in [0.25, 0.3) is 0 Å². The maximum atomic E-state index is 12.5. The molecule has 1 atom stereocenters. The van der Waals surface area contributed by atoms with Gasteiger partial charge in [0.15, 0.2) is 0 Å². The number of nitrogens with zero attached hydrogens (tertiary/aromatic N) is 4. The number of likely N-dealkylation sites (tertiary alicyclic amines) is 1. The Kier molecular flexibility index (Phi) is 3.77. The molecule has 1 aliphatic heterocycles. The number of aromatic nitrogens is 4. The predicted octanol–water partition coefficient (Wildman–Crippen LogP) is 1.75. The van der Waals surface area contributed by atoms with Gasteiger partial charge in [-0.25, -0.2) is 4.98 Å². The lowest BCUT2D eigenvalue weighted by Gasteiger charge is -2.23. The van der Waals surface area contributed by atoms with Crippen molar-refractivity contribution < 1.29 is 4.79 Å². The second-order valence-corrected chi connectivity index (χ2v) is 5.64. The van der Waals surface area contributed by atoms with Crippen LogP contribution in [0.25, 0.3) is 0 Å². The minimum Gasteiger partial charge on any atom is -0.344 e. The van der Waals surface area contributed by atoms with Crippen LogP contribution in [-0.2, 0) is 18.3 Å². The van der Waals surface area contributed by atoms with Gasteiger partial charge < -0.3 is 9.88 Å². The molecule has 2 aromatic rings. The molecule has 0 aliphatic carbocycles. The Labute approximate surface area is 124 Å². The van der Waals surface area contributed by atoms with E-state index in [9.17, 15) is 4.79 Å². The Morgan fingerprint density at radius 2 is 2.38 bits per heavy atom. The zero-order chi connectivity index (χ0) is 14.8. The number of nitrogens with one attached hydrogen (secondary N) is 1. The van der Waals surface area contributed by atoms with Crippen LogP contribution in [0, 0.1) is 6.92 Å². The molecule has 2 aromatic heterocycles. The van der Waals surface area contributed by atoms with Crippen molar-refractivity contribution in [3.8, 4) is 0 Å². The molecule has 112 valence electrons. The standard InChI is InChI=1S/C15H21N5O/c1-11-10-16-15(18-11)13-4-3-9-20(13)14(21)6-5-12-7-8-17-19(12)2/h7-8,10,13H,3-6,9H2,1-2H3,(H,16,18). The molecule has 0 saturated carbocycles. The topological polar surface area (TPSA) is 66.8 Å². The first-order valence-electron chi connectivity index (χ1n) is 7.43. The van der Waals surface area contributed by atoms with E-state index in [4.69, 9.17) is 0 Å². The van der Waals surface area contributed by atoms with E-state index in [-0.39, 0.29) is 11.9 Å². The molecular weight excluding hydrogens is 266 g/mol. The maximum absolute atomic E-state index is 12.5. The molecule has 1 amide bonds. The second-order valence-electron chi connectivity index (χ2n) is 5.64. The van der Waals surface area contributed by atoms with Crippen molar-refractivity contribution in [2.75, 3.05) is 6.54 Å². The quantitative estimate of drug-likeness (QED) is 0.931. The number of H-pyrrole nitrogens is 1. The highest BCUT2D eigenvalue weighted by Gasteiger charge is 2.31. The first-order chi connectivity index (χ1) is 10.1. The molecule has 1 fully saturated rings. The Balaban J connectivity index is 1.65. The molecule has 0 radical (unpaired) electrons. The van der Waals surface area contributed by atoms with Crippen LogP contribution in [-0.4, -0.2) is 37.1 Å². The van der Waals surface area contributed by atoms with Crippen LogP contribution in [0.1, 0.15) is 42.5 Å². The number of aromatic amines is 1. The zero-order valence-corrected chi connectivity index (χ0v) is 12.5. The van der Waals surface area contributed by atoms with E-state index >= 15 is 0 Å². The molecule has 6 heteroatoms. The number of amides is 1. The summed E-state index contributed by atoms with van der Waals surface area (Å²) in [5, 5.41) is 4.13. The van der Waals surface area contributed by atoms with Gasteiger partial charge in [-0.15, -0.1) is 0 Å². The van der Waals surface area contributed by atoms with Gasteiger partial charge in [-0.05, 0) is 32.3 Å². The van der Waals surface area contributed by atoms with Crippen LogP contribution in [0.4, 0.5) is 0 Å². The first kappa shape index (κ1) is 13.9. The van der Waals surface area contributed by atoms with E-state index in [0.29, 0.717) is 6.42 Å². The highest BCUT2D eigenvalue weighted by Crippen LogP contribution is 2.30. The highest BCUT2D eigenvalue weighted by molar-refractivity contribution is 5.77. The van der Waals surface area contributed by atoms with Gasteiger partial charge in [-0.2, -0.15) is 5.10 Å². The van der Waals surface area contributed by atoms with Crippen molar-refractivity contribution in [1.82, 2.24) is 24.6 Å². The molecule has 21 heavy (non-hydrogen) atoms. The van der Waals surface area contributed by atoms with Gasteiger partial charge in [0.1, 0.15) is 5.82 Å². The first-order valence-corrected chi connectivity index (χ1v) is 7.43. The Morgan fingerprint density at radius 3 is 3.05 bits per heavy atom. The van der Waals surface area contributed by atoms with Crippen molar-refractivity contribution in [3.63, 3.8) is 0 Å². The molecule has 6 nitrogen and oxygen atoms in total. The summed E-state index contributed by atoms with van der Waals surface area (Å²) in [7, 11) is 1.91. The molecule has 0 bridgehead atoms. The summed E-state index contributed by atoms with van der Waals surface area (Å²) in [5.41, 5.74) is 2.13. The van der Waals surface area contributed by atoms with Crippen molar-refractivity contribution in [3.05, 3.63) is 35.7 Å². The summed E-state index contributed by atoms with van der Waals surface area (Å²) < 4.78 is 1.82. The SMILES string of the molecule is Cc1cnc(C2CCCN2C(=O)CCc2ccnn2C)[nH]1. The zero-order valence-electron chi connectivity index (χ0n) is 12.5. The normalized spacial score (nSPS) is 18.4. The largest absolute Gasteiger partial charge is 0.344 e. The van der Waals surface area contributed by atoms with E-state index < -0.39 is 0 Å². The van der Waals surface area contributed by atoms with Gasteiger partial charge in [0.2, 0.25) is 5.91 Å².